The molecule has 2 aromatic rings. The number of nitrogens with zero attached hydrogens (tertiary/aromatic N) is 4. The topological polar surface area (TPSA) is 56.7 Å². The van der Waals surface area contributed by atoms with Crippen molar-refractivity contribution in [2.45, 2.75) is 39.2 Å². The second kappa shape index (κ2) is 3.73. The first-order valence-electron chi connectivity index (χ1n) is 5.65. The number of aryl methyl sites for hydroxylation is 2. The first-order chi connectivity index (χ1) is 7.84. The Hall–Kier alpha value is -1.65. The molecule has 1 aliphatic rings. The predicted molar refractivity (Wildman–Crippen MR) is 57.0 cm³/mol. The third-order valence-electron chi connectivity index (χ3n) is 3.13. The Morgan fingerprint density at radius 1 is 1.38 bits per heavy atom. The molecule has 0 radical (unpaired) electrons. The molecular formula is C11H14N4O. The van der Waals surface area contributed by atoms with Gasteiger partial charge in [0, 0.05) is 5.69 Å². The summed E-state index contributed by atoms with van der Waals surface area (Å²) in [6.45, 7) is 2.71. The van der Waals surface area contributed by atoms with E-state index in [1.807, 2.05) is 6.92 Å². The van der Waals surface area contributed by atoms with Gasteiger partial charge in [-0.25, -0.2) is 4.98 Å². The molecule has 0 atom stereocenters. The second-order valence-corrected chi connectivity index (χ2v) is 4.19. The van der Waals surface area contributed by atoms with Gasteiger partial charge in [0.05, 0.1) is 12.2 Å². The fourth-order valence-electron chi connectivity index (χ4n) is 2.35. The van der Waals surface area contributed by atoms with Gasteiger partial charge in [-0.1, -0.05) is 5.16 Å². The van der Waals surface area contributed by atoms with Gasteiger partial charge < -0.3 is 9.09 Å². The number of fused-ring (bicyclic) bond motifs is 1. The van der Waals surface area contributed by atoms with E-state index >= 15 is 0 Å². The maximum Gasteiger partial charge on any atom is 0.213 e. The highest BCUT2D eigenvalue weighted by atomic mass is 16.5. The third-order valence-corrected chi connectivity index (χ3v) is 3.13. The van der Waals surface area contributed by atoms with E-state index in [1.165, 1.54) is 30.6 Å². The van der Waals surface area contributed by atoms with Crippen LogP contribution in [0.25, 0.3) is 0 Å². The molecule has 0 N–H and O–H groups in total. The summed E-state index contributed by atoms with van der Waals surface area (Å²) >= 11 is 0. The summed E-state index contributed by atoms with van der Waals surface area (Å²) < 4.78 is 6.96. The molecule has 84 valence electrons. The van der Waals surface area contributed by atoms with Gasteiger partial charge in [0.1, 0.15) is 5.82 Å². The van der Waals surface area contributed by atoms with Crippen molar-refractivity contribution < 1.29 is 4.52 Å². The van der Waals surface area contributed by atoms with Crippen LogP contribution < -0.4 is 0 Å². The number of hydrogen-bond acceptors (Lipinski definition) is 4. The summed E-state index contributed by atoms with van der Waals surface area (Å²) in [5.74, 6) is 1.77. The lowest BCUT2D eigenvalue weighted by Gasteiger charge is -2.13. The van der Waals surface area contributed by atoms with Crippen LogP contribution in [0, 0.1) is 6.92 Å². The smallest absolute Gasteiger partial charge is 0.213 e. The fraction of sp³-hybridized carbons (Fsp3) is 0.545. The number of rotatable bonds is 2. The molecule has 0 spiro atoms. The molecule has 5 nitrogen and oxygen atoms in total. The molecule has 0 aliphatic heterocycles. The van der Waals surface area contributed by atoms with Crippen LogP contribution in [0.1, 0.15) is 35.9 Å². The zero-order chi connectivity index (χ0) is 11.0. The van der Waals surface area contributed by atoms with Crippen LogP contribution >= 0.6 is 0 Å². The van der Waals surface area contributed by atoms with Crippen molar-refractivity contribution in [3.63, 3.8) is 0 Å². The van der Waals surface area contributed by atoms with Gasteiger partial charge in [-0.05, 0) is 32.6 Å². The molecule has 16 heavy (non-hydrogen) atoms. The Morgan fingerprint density at radius 3 is 3.06 bits per heavy atom. The standard InChI is InChI=1S/C11H14N4O/c1-8-13-9-4-2-3-5-10(9)15(8)6-11-12-7-16-14-11/h7H,2-6H2,1H3. The first kappa shape index (κ1) is 9.57. The maximum atomic E-state index is 4.75. The van der Waals surface area contributed by atoms with Crippen LogP contribution in [0.2, 0.25) is 0 Å². The monoisotopic (exact) mass is 218 g/mol. The molecule has 0 amide bonds. The molecule has 3 rings (SSSR count). The molecule has 0 saturated heterocycles. The van der Waals surface area contributed by atoms with Crippen LogP contribution in [0.15, 0.2) is 10.9 Å². The molecule has 0 fully saturated rings. The Labute approximate surface area is 93.5 Å². The average Bonchev–Trinajstić information content (AvgIpc) is 2.89. The Balaban J connectivity index is 1.97. The third kappa shape index (κ3) is 1.52. The molecule has 1 aliphatic carbocycles. The zero-order valence-electron chi connectivity index (χ0n) is 9.31. The van der Waals surface area contributed by atoms with E-state index in [1.54, 1.807) is 0 Å². The van der Waals surface area contributed by atoms with E-state index in [0.29, 0.717) is 12.4 Å². The van der Waals surface area contributed by atoms with Gasteiger partial charge in [-0.3, -0.25) is 0 Å². The Morgan fingerprint density at radius 2 is 2.25 bits per heavy atom. The van der Waals surface area contributed by atoms with Crippen LogP contribution in [0.5, 0.6) is 0 Å². The van der Waals surface area contributed by atoms with Crippen molar-refractivity contribution in [3.05, 3.63) is 29.4 Å². The van der Waals surface area contributed by atoms with Gasteiger partial charge in [0.25, 0.3) is 0 Å². The van der Waals surface area contributed by atoms with Gasteiger partial charge in [-0.15, -0.1) is 0 Å². The first-order valence-corrected chi connectivity index (χ1v) is 5.65. The average molecular weight is 218 g/mol. The van der Waals surface area contributed by atoms with E-state index < -0.39 is 0 Å². The van der Waals surface area contributed by atoms with Crippen LogP contribution in [-0.2, 0) is 19.4 Å². The molecule has 0 saturated carbocycles. The predicted octanol–water partition coefficient (Wildman–Crippen LogP) is 1.50. The quantitative estimate of drug-likeness (QED) is 0.766. The molecule has 2 heterocycles. The Kier molecular flexibility index (Phi) is 2.23. The van der Waals surface area contributed by atoms with Crippen LogP contribution in [0.3, 0.4) is 0 Å². The minimum atomic E-state index is 0.671. The second-order valence-electron chi connectivity index (χ2n) is 4.19. The van der Waals surface area contributed by atoms with Gasteiger partial charge >= 0.3 is 0 Å². The Bertz CT molecular complexity index is 486. The summed E-state index contributed by atoms with van der Waals surface area (Å²) in [7, 11) is 0. The molecule has 0 aromatic carbocycles. The molecule has 5 heteroatoms. The van der Waals surface area contributed by atoms with Crippen molar-refractivity contribution in [2.75, 3.05) is 0 Å². The van der Waals surface area contributed by atoms with E-state index in [4.69, 9.17) is 4.52 Å². The summed E-state index contributed by atoms with van der Waals surface area (Å²) in [6.07, 6.45) is 6.10. The van der Waals surface area contributed by atoms with Crippen LogP contribution in [0.4, 0.5) is 0 Å². The summed E-state index contributed by atoms with van der Waals surface area (Å²) in [5, 5.41) is 3.85. The molecule has 0 unspecified atom stereocenters. The van der Waals surface area contributed by atoms with E-state index in [0.717, 1.165) is 18.7 Å². The lowest BCUT2D eigenvalue weighted by Crippen LogP contribution is -2.11. The van der Waals surface area contributed by atoms with Crippen molar-refractivity contribution in [3.8, 4) is 0 Å². The van der Waals surface area contributed by atoms with E-state index in [9.17, 15) is 0 Å². The lowest BCUT2D eigenvalue weighted by molar-refractivity contribution is 0.407. The molecular weight excluding hydrogens is 204 g/mol. The van der Waals surface area contributed by atoms with E-state index in [2.05, 4.69) is 19.7 Å². The minimum Gasteiger partial charge on any atom is -0.343 e. The number of imidazole rings is 1. The maximum absolute atomic E-state index is 4.75. The van der Waals surface area contributed by atoms with Crippen molar-refractivity contribution in [2.24, 2.45) is 0 Å². The highest BCUT2D eigenvalue weighted by Crippen LogP contribution is 2.22. The van der Waals surface area contributed by atoms with E-state index in [-0.39, 0.29) is 0 Å². The van der Waals surface area contributed by atoms with Crippen molar-refractivity contribution in [1.29, 1.82) is 0 Å². The normalized spacial score (nSPS) is 15.1. The van der Waals surface area contributed by atoms with Crippen LogP contribution in [-0.4, -0.2) is 19.7 Å². The van der Waals surface area contributed by atoms with Gasteiger partial charge in [0.15, 0.2) is 5.82 Å². The van der Waals surface area contributed by atoms with Crippen molar-refractivity contribution in [1.82, 2.24) is 19.7 Å². The highest BCUT2D eigenvalue weighted by molar-refractivity contribution is 5.20. The summed E-state index contributed by atoms with van der Waals surface area (Å²) in [4.78, 5) is 8.66. The lowest BCUT2D eigenvalue weighted by atomic mass is 10.0. The zero-order valence-corrected chi connectivity index (χ0v) is 9.31. The summed E-state index contributed by atoms with van der Waals surface area (Å²) in [6, 6.07) is 0. The van der Waals surface area contributed by atoms with Gasteiger partial charge in [-0.2, -0.15) is 4.98 Å². The largest absolute Gasteiger partial charge is 0.343 e. The fourth-order valence-corrected chi connectivity index (χ4v) is 2.35. The molecule has 2 aromatic heterocycles. The minimum absolute atomic E-state index is 0.671. The highest BCUT2D eigenvalue weighted by Gasteiger charge is 2.18. The van der Waals surface area contributed by atoms with Crippen molar-refractivity contribution >= 4 is 0 Å². The SMILES string of the molecule is Cc1nc2c(n1Cc1ncon1)CCCC2. The van der Waals surface area contributed by atoms with Gasteiger partial charge in [0.2, 0.25) is 6.39 Å². The number of hydrogen-bond donors (Lipinski definition) is 0. The summed E-state index contributed by atoms with van der Waals surface area (Å²) in [5.41, 5.74) is 2.61. The molecule has 0 bridgehead atoms. The number of aromatic nitrogens is 4.